The minimum atomic E-state index is -0.622. The smallest absolute Gasteiger partial charge is 0.220 e. The lowest BCUT2D eigenvalue weighted by Gasteiger charge is -2.13. The maximum atomic E-state index is 12.9. The third-order valence-electron chi connectivity index (χ3n) is 3.89. The quantitative estimate of drug-likeness (QED) is 0.542. The number of rotatable bonds is 3. The summed E-state index contributed by atoms with van der Waals surface area (Å²) in [5, 5.41) is 1.79. The van der Waals surface area contributed by atoms with Gasteiger partial charge in [0.15, 0.2) is 12.6 Å². The van der Waals surface area contributed by atoms with Gasteiger partial charge in [0, 0.05) is 22.1 Å². The van der Waals surface area contributed by atoms with E-state index in [0.29, 0.717) is 11.1 Å². The molecule has 114 valence electrons. The molecule has 0 radical (unpaired) electrons. The van der Waals surface area contributed by atoms with Gasteiger partial charge in [0.1, 0.15) is 0 Å². The second kappa shape index (κ2) is 5.93. The van der Waals surface area contributed by atoms with Crippen molar-refractivity contribution in [2.45, 2.75) is 6.29 Å². The van der Waals surface area contributed by atoms with Gasteiger partial charge in [-0.05, 0) is 5.39 Å². The summed E-state index contributed by atoms with van der Waals surface area (Å²) in [4.78, 5) is 22.9. The zero-order valence-electron chi connectivity index (χ0n) is 12.3. The van der Waals surface area contributed by atoms with Gasteiger partial charge in [-0.3, -0.25) is 4.79 Å². The summed E-state index contributed by atoms with van der Waals surface area (Å²) in [6.45, 7) is 0.0792. The highest BCUT2D eigenvalue weighted by atomic mass is 17.3. The van der Waals surface area contributed by atoms with Gasteiger partial charge in [0.05, 0.1) is 0 Å². The van der Waals surface area contributed by atoms with Crippen LogP contribution < -0.4 is 0 Å². The molecule has 4 nitrogen and oxygen atoms in total. The zero-order valence-corrected chi connectivity index (χ0v) is 12.3. The van der Waals surface area contributed by atoms with Crippen LogP contribution in [0.15, 0.2) is 66.7 Å². The summed E-state index contributed by atoms with van der Waals surface area (Å²) in [7, 11) is 0. The summed E-state index contributed by atoms with van der Waals surface area (Å²) in [5.41, 5.74) is 2.07. The van der Waals surface area contributed by atoms with Crippen molar-refractivity contribution in [2.75, 3.05) is 6.79 Å². The number of hydrogen-bond acceptors (Lipinski definition) is 4. The Bertz CT molecular complexity index is 846. The van der Waals surface area contributed by atoms with Gasteiger partial charge in [0.2, 0.25) is 6.29 Å². The van der Waals surface area contributed by atoms with E-state index in [1.165, 1.54) is 0 Å². The number of fused-ring (bicyclic) bond motifs is 1. The van der Waals surface area contributed by atoms with E-state index in [-0.39, 0.29) is 12.6 Å². The van der Waals surface area contributed by atoms with Crippen LogP contribution >= 0.6 is 0 Å². The maximum absolute atomic E-state index is 12.9. The van der Waals surface area contributed by atoms with Crippen LogP contribution in [0.2, 0.25) is 0 Å². The first kappa shape index (κ1) is 14.1. The fourth-order valence-electron chi connectivity index (χ4n) is 2.85. The van der Waals surface area contributed by atoms with Gasteiger partial charge >= 0.3 is 0 Å². The molecule has 0 amide bonds. The highest BCUT2D eigenvalue weighted by Crippen LogP contribution is 2.33. The number of carbonyl (C=O) groups excluding carboxylic acids is 1. The van der Waals surface area contributed by atoms with Gasteiger partial charge < -0.3 is 4.74 Å². The lowest BCUT2D eigenvalue weighted by atomic mass is 9.94. The van der Waals surface area contributed by atoms with E-state index in [0.717, 1.165) is 16.3 Å². The lowest BCUT2D eigenvalue weighted by molar-refractivity contribution is -0.279. The van der Waals surface area contributed by atoms with E-state index in [2.05, 4.69) is 0 Å². The van der Waals surface area contributed by atoms with E-state index in [9.17, 15) is 4.79 Å². The molecule has 4 rings (SSSR count). The molecule has 3 aromatic carbocycles. The molecule has 1 aliphatic heterocycles. The van der Waals surface area contributed by atoms with Gasteiger partial charge in [-0.1, -0.05) is 66.7 Å². The molecule has 0 aromatic heterocycles. The normalized spacial score (nSPS) is 17.5. The van der Waals surface area contributed by atoms with Crippen LogP contribution in [0.5, 0.6) is 0 Å². The Morgan fingerprint density at radius 2 is 1.70 bits per heavy atom. The summed E-state index contributed by atoms with van der Waals surface area (Å²) in [6.07, 6.45) is -0.622. The monoisotopic (exact) mass is 306 g/mol. The van der Waals surface area contributed by atoms with E-state index in [1.54, 1.807) is 0 Å². The van der Waals surface area contributed by atoms with Gasteiger partial charge in [-0.15, -0.1) is 0 Å². The van der Waals surface area contributed by atoms with Gasteiger partial charge in [-0.2, -0.15) is 4.89 Å². The average Bonchev–Trinajstić information content (AvgIpc) is 3.15. The summed E-state index contributed by atoms with van der Waals surface area (Å²) in [6, 6.07) is 20.7. The highest BCUT2D eigenvalue weighted by molar-refractivity contribution is 6.17. The van der Waals surface area contributed by atoms with Crippen molar-refractivity contribution >= 4 is 16.6 Å². The number of benzene rings is 3. The number of ether oxygens (including phenoxy) is 1. The maximum Gasteiger partial charge on any atom is 0.220 e. The molecule has 0 spiro atoms. The van der Waals surface area contributed by atoms with Crippen LogP contribution in [0.3, 0.4) is 0 Å². The molecular formula is C19H14O4. The van der Waals surface area contributed by atoms with Crippen molar-refractivity contribution in [3.63, 3.8) is 0 Å². The van der Waals surface area contributed by atoms with E-state index >= 15 is 0 Å². The number of carbonyl (C=O) groups is 1. The van der Waals surface area contributed by atoms with Crippen LogP contribution in [0.25, 0.3) is 10.8 Å². The third kappa shape index (κ3) is 2.53. The molecule has 1 heterocycles. The first-order chi connectivity index (χ1) is 11.3. The van der Waals surface area contributed by atoms with Crippen molar-refractivity contribution in [1.82, 2.24) is 0 Å². The fraction of sp³-hybridized carbons (Fsp3) is 0.105. The molecule has 3 aromatic rings. The second-order valence-corrected chi connectivity index (χ2v) is 5.28. The lowest BCUT2D eigenvalue weighted by Crippen LogP contribution is -2.06. The molecule has 1 aliphatic rings. The molecule has 1 atom stereocenters. The zero-order chi connectivity index (χ0) is 15.6. The predicted molar refractivity (Wildman–Crippen MR) is 84.7 cm³/mol. The average molecular weight is 306 g/mol. The molecule has 1 saturated heterocycles. The Balaban J connectivity index is 1.91. The summed E-state index contributed by atoms with van der Waals surface area (Å²) in [5.74, 6) is -0.0254. The van der Waals surface area contributed by atoms with Crippen molar-refractivity contribution < 1.29 is 19.3 Å². The molecule has 0 aliphatic carbocycles. The second-order valence-electron chi connectivity index (χ2n) is 5.28. The Morgan fingerprint density at radius 3 is 2.43 bits per heavy atom. The Hall–Kier alpha value is -2.53. The largest absolute Gasteiger partial charge is 0.316 e. The molecule has 23 heavy (non-hydrogen) atoms. The van der Waals surface area contributed by atoms with Crippen LogP contribution in [0.1, 0.15) is 27.8 Å². The molecular weight excluding hydrogens is 292 g/mol. The van der Waals surface area contributed by atoms with E-state index < -0.39 is 6.29 Å². The van der Waals surface area contributed by atoms with Crippen LogP contribution in [-0.4, -0.2) is 12.6 Å². The number of hydrogen-bond donors (Lipinski definition) is 0. The highest BCUT2D eigenvalue weighted by Gasteiger charge is 2.24. The molecule has 1 unspecified atom stereocenters. The summed E-state index contributed by atoms with van der Waals surface area (Å²) >= 11 is 0. The topological polar surface area (TPSA) is 44.8 Å². The molecule has 4 heteroatoms. The van der Waals surface area contributed by atoms with Crippen LogP contribution in [-0.2, 0) is 14.5 Å². The predicted octanol–water partition coefficient (Wildman–Crippen LogP) is 4.01. The van der Waals surface area contributed by atoms with Crippen LogP contribution in [0.4, 0.5) is 0 Å². The summed E-state index contributed by atoms with van der Waals surface area (Å²) < 4.78 is 5.43. The minimum absolute atomic E-state index is 0.0254. The van der Waals surface area contributed by atoms with E-state index in [1.807, 2.05) is 66.7 Å². The molecule has 0 N–H and O–H groups in total. The third-order valence-corrected chi connectivity index (χ3v) is 3.89. The standard InChI is InChI=1S/C19H14O4/c20-18(14-6-2-1-3-7-14)15-10-4-8-13-9-5-11-16(17(13)15)19-21-12-22-23-19/h1-11,19H,12H2. The Labute approximate surface area is 133 Å². The first-order valence-electron chi connectivity index (χ1n) is 7.36. The van der Waals surface area contributed by atoms with E-state index in [4.69, 9.17) is 14.5 Å². The molecule has 0 saturated carbocycles. The Kier molecular flexibility index (Phi) is 3.63. The SMILES string of the molecule is O=C(c1ccccc1)c1cccc2cccc(C3OCOO3)c12. The van der Waals surface area contributed by atoms with Crippen molar-refractivity contribution in [2.24, 2.45) is 0 Å². The van der Waals surface area contributed by atoms with Gasteiger partial charge in [-0.25, -0.2) is 4.89 Å². The van der Waals surface area contributed by atoms with Crippen molar-refractivity contribution in [1.29, 1.82) is 0 Å². The molecule has 1 fully saturated rings. The van der Waals surface area contributed by atoms with Crippen molar-refractivity contribution in [3.8, 4) is 0 Å². The number of ketones is 1. The Morgan fingerprint density at radius 1 is 0.913 bits per heavy atom. The fourth-order valence-corrected chi connectivity index (χ4v) is 2.85. The van der Waals surface area contributed by atoms with Crippen LogP contribution in [0, 0.1) is 0 Å². The first-order valence-corrected chi connectivity index (χ1v) is 7.36. The minimum Gasteiger partial charge on any atom is -0.316 e. The van der Waals surface area contributed by atoms with Crippen molar-refractivity contribution in [3.05, 3.63) is 83.4 Å². The molecule has 0 bridgehead atoms. The van der Waals surface area contributed by atoms with Gasteiger partial charge in [0.25, 0.3) is 0 Å².